The van der Waals surface area contributed by atoms with Gasteiger partial charge >= 0.3 is 0 Å². The molecule has 0 fully saturated rings. The first-order valence-corrected chi connectivity index (χ1v) is 9.29. The van der Waals surface area contributed by atoms with E-state index < -0.39 is 5.91 Å². The summed E-state index contributed by atoms with van der Waals surface area (Å²) in [5, 5.41) is 21.5. The van der Waals surface area contributed by atoms with Crippen LogP contribution in [0.25, 0.3) is 0 Å². The Bertz CT molecular complexity index is 936. The number of halogens is 2. The third kappa shape index (κ3) is 6.58. The van der Waals surface area contributed by atoms with Crippen molar-refractivity contribution in [1.82, 2.24) is 5.32 Å². The average Bonchev–Trinajstić information content (AvgIpc) is 2.64. The molecular formula is C20H20Cl2N4O3. The molecule has 0 bridgehead atoms. The fourth-order valence-corrected chi connectivity index (χ4v) is 3.17. The molecular weight excluding hydrogens is 415 g/mol. The van der Waals surface area contributed by atoms with Gasteiger partial charge in [-0.25, -0.2) is 0 Å². The van der Waals surface area contributed by atoms with Crippen LogP contribution < -0.4 is 15.4 Å². The Morgan fingerprint density at radius 3 is 2.17 bits per heavy atom. The molecule has 4 N–H and O–H groups in total. The van der Waals surface area contributed by atoms with Crippen molar-refractivity contribution in [3.05, 3.63) is 57.6 Å². The number of rotatable bonds is 7. The summed E-state index contributed by atoms with van der Waals surface area (Å²) >= 11 is 12.3. The van der Waals surface area contributed by atoms with Crippen molar-refractivity contribution in [3.8, 4) is 5.75 Å². The molecule has 0 radical (unpaired) electrons. The minimum Gasteiger partial charge on any atom is -0.497 e. The summed E-state index contributed by atoms with van der Waals surface area (Å²) < 4.78 is 5.06. The molecule has 0 atom stereocenters. The number of hydrogen-bond donors (Lipinski definition) is 4. The molecule has 2 amide bonds. The molecule has 0 aliphatic carbocycles. The first-order chi connectivity index (χ1) is 13.7. The summed E-state index contributed by atoms with van der Waals surface area (Å²) in [5.41, 5.74) is 1.63. The van der Waals surface area contributed by atoms with Gasteiger partial charge in [-0.1, -0.05) is 23.2 Å². The number of benzene rings is 2. The van der Waals surface area contributed by atoms with E-state index in [9.17, 15) is 9.59 Å². The van der Waals surface area contributed by atoms with E-state index in [4.69, 9.17) is 38.8 Å². The summed E-state index contributed by atoms with van der Waals surface area (Å²) in [7, 11) is 1.55. The van der Waals surface area contributed by atoms with Crippen LogP contribution in [-0.4, -0.2) is 30.5 Å². The number of hydrogen-bond acceptors (Lipinski definition) is 5. The highest BCUT2D eigenvalue weighted by Gasteiger charge is 2.13. The monoisotopic (exact) mass is 434 g/mol. The number of amidine groups is 1. The third-order valence-electron chi connectivity index (χ3n) is 3.85. The van der Waals surface area contributed by atoms with Gasteiger partial charge in [0.15, 0.2) is 0 Å². The lowest BCUT2D eigenvalue weighted by Crippen LogP contribution is -2.32. The van der Waals surface area contributed by atoms with Crippen molar-refractivity contribution in [1.29, 1.82) is 10.8 Å². The van der Waals surface area contributed by atoms with Crippen LogP contribution in [0.4, 0.5) is 5.69 Å². The molecule has 7 nitrogen and oxygen atoms in total. The zero-order valence-electron chi connectivity index (χ0n) is 15.9. The van der Waals surface area contributed by atoms with Gasteiger partial charge in [-0.2, -0.15) is 0 Å². The zero-order chi connectivity index (χ0) is 21.6. The van der Waals surface area contributed by atoms with E-state index >= 15 is 0 Å². The number of ether oxygens (including phenoxy) is 1. The predicted octanol–water partition coefficient (Wildman–Crippen LogP) is 4.05. The molecule has 0 aliphatic rings. The van der Waals surface area contributed by atoms with Gasteiger partial charge in [-0.05, 0) is 47.5 Å². The first kappa shape index (κ1) is 22.4. The molecule has 152 valence electrons. The van der Waals surface area contributed by atoms with Crippen molar-refractivity contribution in [2.75, 3.05) is 12.4 Å². The Labute approximate surface area is 178 Å². The zero-order valence-corrected chi connectivity index (χ0v) is 17.4. The van der Waals surface area contributed by atoms with Gasteiger partial charge in [0.2, 0.25) is 11.8 Å². The van der Waals surface area contributed by atoms with Crippen molar-refractivity contribution in [2.24, 2.45) is 0 Å². The molecule has 0 saturated carbocycles. The van der Waals surface area contributed by atoms with Crippen LogP contribution in [-0.2, 0) is 16.0 Å². The second-order valence-electron chi connectivity index (χ2n) is 6.20. The van der Waals surface area contributed by atoms with Crippen molar-refractivity contribution in [3.63, 3.8) is 0 Å². The number of carbonyl (C=O) groups is 2. The summed E-state index contributed by atoms with van der Waals surface area (Å²) in [5.74, 6) is -0.171. The Kier molecular flexibility index (Phi) is 7.75. The smallest absolute Gasteiger partial charge is 0.231 e. The first-order valence-electron chi connectivity index (χ1n) is 8.54. The summed E-state index contributed by atoms with van der Waals surface area (Å²) in [6, 6.07) is 9.95. The number of nitrogens with one attached hydrogen (secondary N) is 4. The van der Waals surface area contributed by atoms with E-state index in [1.807, 2.05) is 0 Å². The van der Waals surface area contributed by atoms with Crippen LogP contribution in [0.3, 0.4) is 0 Å². The quantitative estimate of drug-likeness (QED) is 0.388. The lowest BCUT2D eigenvalue weighted by atomic mass is 10.1. The standard InChI is InChI=1S/C20H20Cl2N4O3/c1-11(27)25-20-15(21)7-12(8-16(20)22)9-18(24)26-19(28)10-17(23)13-3-5-14(29-2)6-4-13/h3-8,23H,9-10H2,1-2H3,(H,25,27)(H2,24,26,28). The summed E-state index contributed by atoms with van der Waals surface area (Å²) in [6.07, 6.45) is -0.0842. The highest BCUT2D eigenvalue weighted by Crippen LogP contribution is 2.32. The van der Waals surface area contributed by atoms with Gasteiger partial charge in [0.05, 0.1) is 29.3 Å². The molecule has 2 aromatic rings. The van der Waals surface area contributed by atoms with Crippen molar-refractivity contribution in [2.45, 2.75) is 19.8 Å². The van der Waals surface area contributed by atoms with Crippen LogP contribution >= 0.6 is 23.2 Å². The summed E-state index contributed by atoms with van der Waals surface area (Å²) in [4.78, 5) is 23.3. The Morgan fingerprint density at radius 2 is 1.66 bits per heavy atom. The second-order valence-corrected chi connectivity index (χ2v) is 7.02. The van der Waals surface area contributed by atoms with E-state index in [0.29, 0.717) is 22.6 Å². The van der Waals surface area contributed by atoms with E-state index in [1.54, 1.807) is 43.5 Å². The fraction of sp³-hybridized carbons (Fsp3) is 0.200. The van der Waals surface area contributed by atoms with Crippen LogP contribution in [0, 0.1) is 10.8 Å². The number of amides is 2. The Hall–Kier alpha value is -2.90. The lowest BCUT2D eigenvalue weighted by molar-refractivity contribution is -0.118. The number of carbonyl (C=O) groups excluding carboxylic acids is 2. The van der Waals surface area contributed by atoms with Crippen LogP contribution in [0.15, 0.2) is 36.4 Å². The maximum atomic E-state index is 12.1. The molecule has 0 saturated heterocycles. The molecule has 9 heteroatoms. The molecule has 0 unspecified atom stereocenters. The molecule has 2 rings (SSSR count). The van der Waals surface area contributed by atoms with Gasteiger partial charge in [-0.3, -0.25) is 15.0 Å². The molecule has 0 spiro atoms. The Balaban J connectivity index is 1.95. The molecule has 0 aliphatic heterocycles. The molecule has 29 heavy (non-hydrogen) atoms. The minimum absolute atomic E-state index is 0.0584. The largest absolute Gasteiger partial charge is 0.497 e. The summed E-state index contributed by atoms with van der Waals surface area (Å²) in [6.45, 7) is 1.34. The third-order valence-corrected chi connectivity index (χ3v) is 4.45. The van der Waals surface area contributed by atoms with Gasteiger partial charge in [0, 0.05) is 19.1 Å². The second kappa shape index (κ2) is 10.0. The maximum absolute atomic E-state index is 12.1. The van der Waals surface area contributed by atoms with Crippen molar-refractivity contribution >= 4 is 52.3 Å². The van der Waals surface area contributed by atoms with Crippen LogP contribution in [0.1, 0.15) is 24.5 Å². The lowest BCUT2D eigenvalue weighted by Gasteiger charge is -2.12. The van der Waals surface area contributed by atoms with Crippen LogP contribution in [0.2, 0.25) is 10.0 Å². The number of methoxy groups -OCH3 is 1. The SMILES string of the molecule is COc1ccc(C(=N)CC(=O)NC(=N)Cc2cc(Cl)c(NC(C)=O)c(Cl)c2)cc1. The van der Waals surface area contributed by atoms with Gasteiger partial charge in [0.1, 0.15) is 11.6 Å². The predicted molar refractivity (Wildman–Crippen MR) is 115 cm³/mol. The molecule has 2 aromatic carbocycles. The van der Waals surface area contributed by atoms with Gasteiger partial charge in [-0.15, -0.1) is 0 Å². The normalized spacial score (nSPS) is 10.2. The topological polar surface area (TPSA) is 115 Å². The van der Waals surface area contributed by atoms with E-state index in [0.717, 1.165) is 0 Å². The highest BCUT2D eigenvalue weighted by molar-refractivity contribution is 6.39. The van der Waals surface area contributed by atoms with Crippen LogP contribution in [0.5, 0.6) is 5.75 Å². The molecule has 0 heterocycles. The van der Waals surface area contributed by atoms with Gasteiger partial charge < -0.3 is 20.8 Å². The van der Waals surface area contributed by atoms with E-state index in [-0.39, 0.29) is 40.3 Å². The van der Waals surface area contributed by atoms with Crippen molar-refractivity contribution < 1.29 is 14.3 Å². The molecule has 0 aromatic heterocycles. The maximum Gasteiger partial charge on any atom is 0.231 e. The fourth-order valence-electron chi connectivity index (χ4n) is 2.54. The Morgan fingerprint density at radius 1 is 1.07 bits per heavy atom. The van der Waals surface area contributed by atoms with E-state index in [2.05, 4.69) is 10.6 Å². The number of anilines is 1. The van der Waals surface area contributed by atoms with E-state index in [1.165, 1.54) is 6.92 Å². The minimum atomic E-state index is -0.470. The van der Waals surface area contributed by atoms with Gasteiger partial charge in [0.25, 0.3) is 0 Å². The highest BCUT2D eigenvalue weighted by atomic mass is 35.5. The average molecular weight is 435 g/mol.